The maximum absolute atomic E-state index is 10.8. The van der Waals surface area contributed by atoms with Crippen LogP contribution in [0.4, 0.5) is 0 Å². The molecule has 0 saturated heterocycles. The number of rotatable bonds is 4. The van der Waals surface area contributed by atoms with Gasteiger partial charge in [0, 0.05) is 6.54 Å². The minimum Gasteiger partial charge on any atom is -0.387 e. The van der Waals surface area contributed by atoms with Gasteiger partial charge in [-0.15, -0.1) is 0 Å². The van der Waals surface area contributed by atoms with Crippen LogP contribution in [0, 0.1) is 6.92 Å². The third-order valence-electron chi connectivity index (χ3n) is 2.00. The maximum atomic E-state index is 10.8. The monoisotopic (exact) mass is 229 g/mol. The zero-order valence-electron chi connectivity index (χ0n) is 8.77. The standard InChI is InChI=1S/C10H15NO3S/c1-8-3-5-9(6-4-8)10(12)7-11-15(2,13)14/h3-6,10-12H,7H2,1-2H3. The Bertz CT molecular complexity index is 411. The van der Waals surface area contributed by atoms with Crippen molar-refractivity contribution in [2.45, 2.75) is 13.0 Å². The molecule has 2 N–H and O–H groups in total. The number of aliphatic hydroxyl groups excluding tert-OH is 1. The molecule has 15 heavy (non-hydrogen) atoms. The summed E-state index contributed by atoms with van der Waals surface area (Å²) in [5, 5.41) is 9.65. The lowest BCUT2D eigenvalue weighted by molar-refractivity contribution is 0.182. The van der Waals surface area contributed by atoms with Crippen molar-refractivity contribution in [2.24, 2.45) is 0 Å². The summed E-state index contributed by atoms with van der Waals surface area (Å²) in [5.74, 6) is 0. The molecule has 1 atom stereocenters. The molecule has 0 aromatic heterocycles. The predicted molar refractivity (Wildman–Crippen MR) is 59.0 cm³/mol. The predicted octanol–water partition coefficient (Wildman–Crippen LogP) is 0.578. The molecule has 0 aliphatic carbocycles. The number of nitrogens with one attached hydrogen (secondary N) is 1. The van der Waals surface area contributed by atoms with E-state index in [2.05, 4.69) is 4.72 Å². The first kappa shape index (κ1) is 12.2. The molecule has 0 radical (unpaired) electrons. The van der Waals surface area contributed by atoms with Gasteiger partial charge in [-0.25, -0.2) is 13.1 Å². The van der Waals surface area contributed by atoms with E-state index in [1.807, 2.05) is 19.1 Å². The van der Waals surface area contributed by atoms with Crippen LogP contribution in [0.2, 0.25) is 0 Å². The highest BCUT2D eigenvalue weighted by molar-refractivity contribution is 7.88. The third kappa shape index (κ3) is 4.42. The SMILES string of the molecule is Cc1ccc(C(O)CNS(C)(=O)=O)cc1. The van der Waals surface area contributed by atoms with Gasteiger partial charge in [0.1, 0.15) is 0 Å². The average molecular weight is 229 g/mol. The maximum Gasteiger partial charge on any atom is 0.208 e. The molecule has 0 bridgehead atoms. The molecule has 0 aliphatic rings. The molecule has 0 aliphatic heterocycles. The van der Waals surface area contributed by atoms with Gasteiger partial charge in [-0.2, -0.15) is 0 Å². The summed E-state index contributed by atoms with van der Waals surface area (Å²) >= 11 is 0. The lowest BCUT2D eigenvalue weighted by atomic mass is 10.1. The van der Waals surface area contributed by atoms with Crippen molar-refractivity contribution < 1.29 is 13.5 Å². The Labute approximate surface area is 90.0 Å². The zero-order valence-corrected chi connectivity index (χ0v) is 9.58. The molecular weight excluding hydrogens is 214 g/mol. The van der Waals surface area contributed by atoms with Crippen molar-refractivity contribution in [3.8, 4) is 0 Å². The summed E-state index contributed by atoms with van der Waals surface area (Å²) in [7, 11) is -3.25. The second-order valence-corrected chi connectivity index (χ2v) is 5.38. The summed E-state index contributed by atoms with van der Waals surface area (Å²) < 4.78 is 23.9. The van der Waals surface area contributed by atoms with Gasteiger partial charge in [0.2, 0.25) is 10.0 Å². The van der Waals surface area contributed by atoms with Gasteiger partial charge in [-0.3, -0.25) is 0 Å². The smallest absolute Gasteiger partial charge is 0.208 e. The molecule has 0 fully saturated rings. The Morgan fingerprint density at radius 3 is 2.33 bits per heavy atom. The fourth-order valence-electron chi connectivity index (χ4n) is 1.14. The molecule has 1 rings (SSSR count). The molecule has 0 saturated carbocycles. The van der Waals surface area contributed by atoms with Crippen LogP contribution >= 0.6 is 0 Å². The number of sulfonamides is 1. The van der Waals surface area contributed by atoms with Crippen LogP contribution in [0.15, 0.2) is 24.3 Å². The number of aliphatic hydroxyl groups is 1. The Hall–Kier alpha value is -0.910. The van der Waals surface area contributed by atoms with Gasteiger partial charge in [-0.05, 0) is 12.5 Å². The fraction of sp³-hybridized carbons (Fsp3) is 0.400. The normalized spacial score (nSPS) is 13.8. The van der Waals surface area contributed by atoms with E-state index in [0.717, 1.165) is 11.8 Å². The molecule has 0 heterocycles. The average Bonchev–Trinajstić information content (AvgIpc) is 2.14. The lowest BCUT2D eigenvalue weighted by Crippen LogP contribution is -2.27. The third-order valence-corrected chi connectivity index (χ3v) is 2.69. The van der Waals surface area contributed by atoms with Crippen molar-refractivity contribution in [3.63, 3.8) is 0 Å². The fourth-order valence-corrected chi connectivity index (χ4v) is 1.60. The highest BCUT2D eigenvalue weighted by Crippen LogP contribution is 2.12. The van der Waals surface area contributed by atoms with Gasteiger partial charge < -0.3 is 5.11 Å². The summed E-state index contributed by atoms with van der Waals surface area (Å²) in [6.45, 7) is 1.95. The van der Waals surface area contributed by atoms with Gasteiger partial charge in [-0.1, -0.05) is 29.8 Å². The van der Waals surface area contributed by atoms with Crippen LogP contribution in [-0.4, -0.2) is 26.3 Å². The zero-order chi connectivity index (χ0) is 11.5. The van der Waals surface area contributed by atoms with Crippen LogP contribution < -0.4 is 4.72 Å². The van der Waals surface area contributed by atoms with Gasteiger partial charge in [0.15, 0.2) is 0 Å². The van der Waals surface area contributed by atoms with Crippen molar-refractivity contribution in [1.82, 2.24) is 4.72 Å². The number of hydrogen-bond acceptors (Lipinski definition) is 3. The largest absolute Gasteiger partial charge is 0.387 e. The van der Waals surface area contributed by atoms with E-state index in [4.69, 9.17) is 0 Å². The Morgan fingerprint density at radius 2 is 1.87 bits per heavy atom. The number of benzene rings is 1. The molecule has 1 aromatic rings. The molecule has 1 unspecified atom stereocenters. The van der Waals surface area contributed by atoms with Crippen LogP contribution in [-0.2, 0) is 10.0 Å². The van der Waals surface area contributed by atoms with Crippen molar-refractivity contribution in [1.29, 1.82) is 0 Å². The second-order valence-electron chi connectivity index (χ2n) is 3.55. The molecule has 1 aromatic carbocycles. The van der Waals surface area contributed by atoms with E-state index in [0.29, 0.717) is 5.56 Å². The van der Waals surface area contributed by atoms with Crippen molar-refractivity contribution >= 4 is 10.0 Å². The van der Waals surface area contributed by atoms with E-state index < -0.39 is 16.1 Å². The van der Waals surface area contributed by atoms with Crippen LogP contribution in [0.5, 0.6) is 0 Å². The summed E-state index contributed by atoms with van der Waals surface area (Å²) in [4.78, 5) is 0. The Kier molecular flexibility index (Phi) is 3.84. The summed E-state index contributed by atoms with van der Waals surface area (Å²) in [6, 6.07) is 7.31. The molecule has 84 valence electrons. The highest BCUT2D eigenvalue weighted by atomic mass is 32.2. The van der Waals surface area contributed by atoms with E-state index in [1.54, 1.807) is 12.1 Å². The van der Waals surface area contributed by atoms with E-state index in [1.165, 1.54) is 0 Å². The Balaban J connectivity index is 2.61. The quantitative estimate of drug-likeness (QED) is 0.793. The van der Waals surface area contributed by atoms with Crippen LogP contribution in [0.3, 0.4) is 0 Å². The lowest BCUT2D eigenvalue weighted by Gasteiger charge is -2.11. The number of hydrogen-bond donors (Lipinski definition) is 2. The van der Waals surface area contributed by atoms with Crippen LogP contribution in [0.25, 0.3) is 0 Å². The minimum atomic E-state index is -3.25. The van der Waals surface area contributed by atoms with E-state index in [9.17, 15) is 13.5 Å². The summed E-state index contributed by atoms with van der Waals surface area (Å²) in [5.41, 5.74) is 1.80. The molecule has 5 heteroatoms. The van der Waals surface area contributed by atoms with Gasteiger partial charge in [0.05, 0.1) is 12.4 Å². The first-order chi connectivity index (χ1) is 6.88. The number of aryl methyl sites for hydroxylation is 1. The minimum absolute atomic E-state index is 0.00188. The molecular formula is C10H15NO3S. The first-order valence-corrected chi connectivity index (χ1v) is 6.47. The van der Waals surface area contributed by atoms with Gasteiger partial charge >= 0.3 is 0 Å². The second kappa shape index (κ2) is 4.74. The molecule has 0 spiro atoms. The molecule has 4 nitrogen and oxygen atoms in total. The summed E-state index contributed by atoms with van der Waals surface area (Å²) in [6.07, 6.45) is 0.259. The molecule has 0 amide bonds. The van der Waals surface area contributed by atoms with Crippen molar-refractivity contribution in [2.75, 3.05) is 12.8 Å². The highest BCUT2D eigenvalue weighted by Gasteiger charge is 2.09. The van der Waals surface area contributed by atoms with E-state index in [-0.39, 0.29) is 6.54 Å². The van der Waals surface area contributed by atoms with E-state index >= 15 is 0 Å². The first-order valence-electron chi connectivity index (χ1n) is 4.58. The van der Waals surface area contributed by atoms with Crippen molar-refractivity contribution in [3.05, 3.63) is 35.4 Å². The van der Waals surface area contributed by atoms with Gasteiger partial charge in [0.25, 0.3) is 0 Å². The van der Waals surface area contributed by atoms with Crippen LogP contribution in [0.1, 0.15) is 17.2 Å². The Morgan fingerprint density at radius 1 is 1.33 bits per heavy atom. The topological polar surface area (TPSA) is 66.4 Å².